The third-order valence-corrected chi connectivity index (χ3v) is 17.2. The van der Waals surface area contributed by atoms with E-state index in [1.807, 2.05) is 103 Å². The summed E-state index contributed by atoms with van der Waals surface area (Å²) in [7, 11) is 5.87. The number of esters is 1. The summed E-state index contributed by atoms with van der Waals surface area (Å²) in [5, 5.41) is 14.7. The van der Waals surface area contributed by atoms with Gasteiger partial charge in [0.15, 0.2) is 17.9 Å². The Hall–Kier alpha value is -5.24. The smallest absolute Gasteiger partial charge is 0.332 e. The molecule has 0 radical (unpaired) electrons. The molecule has 2 bridgehead atoms. The zero-order chi connectivity index (χ0) is 60.2. The second kappa shape index (κ2) is 29.7. The van der Waals surface area contributed by atoms with Crippen LogP contribution in [0.25, 0.3) is 0 Å². The first-order chi connectivity index (χ1) is 37.4. The molecule has 6 amide bonds. The molecule has 2 aromatic carbocycles. The summed E-state index contributed by atoms with van der Waals surface area (Å²) in [4.78, 5) is 141. The van der Waals surface area contributed by atoms with Gasteiger partial charge in [0.05, 0.1) is 11.6 Å². The van der Waals surface area contributed by atoms with Gasteiger partial charge < -0.3 is 39.7 Å². The molecular formula is C62H93IN6O11. The van der Waals surface area contributed by atoms with Crippen molar-refractivity contribution in [2.75, 3.05) is 41.3 Å². The van der Waals surface area contributed by atoms with Gasteiger partial charge in [-0.2, -0.15) is 0 Å². The highest BCUT2D eigenvalue weighted by atomic mass is 127. The van der Waals surface area contributed by atoms with Crippen LogP contribution in [0.2, 0.25) is 0 Å². The summed E-state index contributed by atoms with van der Waals surface area (Å²) in [6.07, 6.45) is -0.336. The molecule has 2 fully saturated rings. The molecule has 0 aliphatic carbocycles. The number of carbonyl (C=O) groups is 9. The van der Waals surface area contributed by atoms with E-state index < -0.39 is 113 Å². The largest absolute Gasteiger partial charge is 0.450 e. The number of benzene rings is 2. The molecule has 444 valence electrons. The first-order valence-electron chi connectivity index (χ1n) is 28.8. The van der Waals surface area contributed by atoms with Crippen LogP contribution >= 0.6 is 22.6 Å². The molecule has 2 aliphatic heterocycles. The van der Waals surface area contributed by atoms with Gasteiger partial charge in [0.1, 0.15) is 23.9 Å². The number of nitrogens with one attached hydrogen (secondary N) is 1. The third-order valence-electron chi connectivity index (χ3n) is 16.6. The Labute approximate surface area is 490 Å². The second-order valence-electron chi connectivity index (χ2n) is 24.5. The van der Waals surface area contributed by atoms with E-state index in [9.17, 15) is 38.7 Å². The van der Waals surface area contributed by atoms with E-state index in [0.717, 1.165) is 14.0 Å². The second-order valence-corrected chi connectivity index (χ2v) is 25.7. The van der Waals surface area contributed by atoms with E-state index in [1.54, 1.807) is 32.7 Å². The molecule has 2 aliphatic rings. The van der Waals surface area contributed by atoms with Gasteiger partial charge in [-0.15, -0.1) is 0 Å². The average Bonchev–Trinajstić information content (AvgIpc) is 3.89. The summed E-state index contributed by atoms with van der Waals surface area (Å²) in [5.74, 6) is -9.43. The Morgan fingerprint density at radius 3 is 1.80 bits per heavy atom. The lowest BCUT2D eigenvalue weighted by Gasteiger charge is -2.39. The molecular weight excluding hydrogens is 1130 g/mol. The maximum Gasteiger partial charge on any atom is 0.332 e. The van der Waals surface area contributed by atoms with E-state index in [2.05, 4.69) is 27.9 Å². The van der Waals surface area contributed by atoms with Crippen LogP contribution in [0.5, 0.6) is 0 Å². The molecule has 17 nitrogen and oxygen atoms in total. The minimum atomic E-state index is -1.94. The van der Waals surface area contributed by atoms with Crippen molar-refractivity contribution in [1.29, 1.82) is 0 Å². The highest BCUT2D eigenvalue weighted by Gasteiger charge is 2.47. The molecule has 2 saturated heterocycles. The van der Waals surface area contributed by atoms with Gasteiger partial charge >= 0.3 is 5.97 Å². The highest BCUT2D eigenvalue weighted by molar-refractivity contribution is 14.1. The van der Waals surface area contributed by atoms with Crippen molar-refractivity contribution in [1.82, 2.24) is 29.8 Å². The SMILES string of the molecule is CCC(C)[C@@H]1CC(=O)[C@@H]2CCN(C2)C(=O)[C@H](Cc2cccc(I)c2)N(C)C(=O)C(Cc2ccccc2)NC(=O)[C@H](C(C)C)N(C)C(=O)[C@@H](C(C)CC)OC(=O)[C@H](C(C)(C)O)N(C)C(=O)[C@H](CC(C)C)CC(=O)[C@H](C(C)C)N(C)C1=O. The number of carbonyl (C=O) groups excluding carboxylic acids is 9. The number of ether oxygens (including phenoxy) is 1. The molecule has 0 aromatic heterocycles. The van der Waals surface area contributed by atoms with Crippen molar-refractivity contribution in [3.8, 4) is 0 Å². The number of aliphatic hydroxyl groups is 1. The molecule has 2 N–H and O–H groups in total. The number of ketones is 2. The lowest BCUT2D eigenvalue weighted by Crippen LogP contribution is -2.61. The Bertz CT molecular complexity index is 2500. The van der Waals surface area contributed by atoms with Gasteiger partial charge in [-0.1, -0.05) is 118 Å². The van der Waals surface area contributed by atoms with Crippen molar-refractivity contribution in [3.63, 3.8) is 0 Å². The fraction of sp³-hybridized carbons (Fsp3) is 0.661. The van der Waals surface area contributed by atoms with E-state index in [4.69, 9.17) is 4.74 Å². The predicted molar refractivity (Wildman–Crippen MR) is 316 cm³/mol. The zero-order valence-electron chi connectivity index (χ0n) is 50.5. The number of hydrogen-bond donors (Lipinski definition) is 2. The molecule has 11 atom stereocenters. The summed E-state index contributed by atoms with van der Waals surface area (Å²) < 4.78 is 7.05. The lowest BCUT2D eigenvalue weighted by atomic mass is 9.82. The first kappa shape index (κ1) is 67.3. The highest BCUT2D eigenvalue weighted by Crippen LogP contribution is 2.32. The van der Waals surface area contributed by atoms with Gasteiger partial charge in [0.25, 0.3) is 5.91 Å². The normalized spacial score (nSPS) is 26.5. The van der Waals surface area contributed by atoms with E-state index in [1.165, 1.54) is 49.7 Å². The Kier molecular flexibility index (Phi) is 24.9. The van der Waals surface area contributed by atoms with Crippen LogP contribution in [0.1, 0.15) is 133 Å². The summed E-state index contributed by atoms with van der Waals surface area (Å²) in [5.41, 5.74) is -0.437. The number of likely N-dealkylation sites (N-methyl/N-ethyl adjacent to an activating group) is 4. The van der Waals surface area contributed by atoms with Crippen LogP contribution in [-0.4, -0.2) is 166 Å². The van der Waals surface area contributed by atoms with Crippen molar-refractivity contribution in [2.45, 2.75) is 176 Å². The van der Waals surface area contributed by atoms with Crippen molar-refractivity contribution in [2.24, 2.45) is 47.3 Å². The molecule has 0 spiro atoms. The number of fused-ring (bicyclic) bond motifs is 2. The molecule has 3 unspecified atom stereocenters. The Morgan fingerprint density at radius 1 is 0.662 bits per heavy atom. The number of cyclic esters (lactones) is 1. The van der Waals surface area contributed by atoms with Crippen molar-refractivity contribution >= 4 is 75.6 Å². The fourth-order valence-corrected chi connectivity index (χ4v) is 12.3. The topological polar surface area (TPSA) is 211 Å². The van der Waals surface area contributed by atoms with Crippen LogP contribution in [0, 0.1) is 50.9 Å². The van der Waals surface area contributed by atoms with Gasteiger partial charge in [0.2, 0.25) is 29.5 Å². The molecule has 80 heavy (non-hydrogen) atoms. The average molecular weight is 1230 g/mol. The zero-order valence-corrected chi connectivity index (χ0v) is 52.7. The minimum absolute atomic E-state index is 0.0235. The predicted octanol–water partition coefficient (Wildman–Crippen LogP) is 7.02. The third kappa shape index (κ3) is 17.2. The molecule has 18 heteroatoms. The van der Waals surface area contributed by atoms with Crippen LogP contribution in [0.3, 0.4) is 0 Å². The number of halogens is 1. The first-order valence-corrected chi connectivity index (χ1v) is 29.9. The fourth-order valence-electron chi connectivity index (χ4n) is 11.7. The van der Waals surface area contributed by atoms with Crippen LogP contribution in [0.15, 0.2) is 54.6 Å². The molecule has 2 heterocycles. The maximum atomic E-state index is 15.3. The molecule has 0 saturated carbocycles. The number of hydrogen-bond acceptors (Lipinski definition) is 11. The van der Waals surface area contributed by atoms with Crippen molar-refractivity contribution in [3.05, 3.63) is 69.3 Å². The lowest BCUT2D eigenvalue weighted by molar-refractivity contribution is -0.178. The van der Waals surface area contributed by atoms with Gasteiger partial charge in [-0.05, 0) is 103 Å². The van der Waals surface area contributed by atoms with Gasteiger partial charge in [0, 0.05) is 94.2 Å². The van der Waals surface area contributed by atoms with E-state index >= 15 is 9.59 Å². The molecule has 4 rings (SSSR count). The van der Waals surface area contributed by atoms with E-state index in [0.29, 0.717) is 24.8 Å². The Morgan fingerprint density at radius 2 is 1.25 bits per heavy atom. The monoisotopic (exact) mass is 1220 g/mol. The van der Waals surface area contributed by atoms with E-state index in [-0.39, 0.29) is 74.5 Å². The van der Waals surface area contributed by atoms with Gasteiger partial charge in [-0.25, -0.2) is 4.79 Å². The van der Waals surface area contributed by atoms with Crippen LogP contribution in [-0.2, 0) is 60.7 Å². The Balaban J connectivity index is 1.94. The van der Waals surface area contributed by atoms with Crippen molar-refractivity contribution < 1.29 is 53.0 Å². The standard InChI is InChI=1S/C62H93IN6O11/c1-17-39(9)46-34-49(70)43-27-28-69(35-43)59(76)48(32-42-25-22-26-45(63)30-42)65(13)58(75)47(31-41-23-20-19-21-24-41)64-55(72)52(38(7)8)67(15)60(77)53(40(10)18-2)80-61(78)54(62(11,12)79)68(16)56(73)44(29-36(3)4)33-50(71)51(37(5)6)66(14)57(46)74/h19-26,30,36-40,43-44,46-48,51-54,79H,17-18,27-29,31-35H2,1-16H3,(H,64,72)/t39?,40?,43-,44-,46+,47?,48+,51+,52+,53-,54-/m1/s1. The van der Waals surface area contributed by atoms with Crippen LogP contribution < -0.4 is 5.32 Å². The summed E-state index contributed by atoms with van der Waals surface area (Å²) >= 11 is 2.19. The number of Topliss-reactive ketones (excluding diaryl/α,β-unsaturated/α-hetero) is 2. The quantitative estimate of drug-likeness (QED) is 0.154. The number of rotatable bonds is 13. The van der Waals surface area contributed by atoms with Crippen LogP contribution in [0.4, 0.5) is 0 Å². The maximum absolute atomic E-state index is 15.3. The summed E-state index contributed by atoms with van der Waals surface area (Å²) in [6.45, 7) is 21.3. The number of amides is 6. The molecule has 2 aromatic rings. The minimum Gasteiger partial charge on any atom is -0.450 e. The summed E-state index contributed by atoms with van der Waals surface area (Å²) in [6, 6.07) is 10.5. The van der Waals surface area contributed by atoms with Gasteiger partial charge in [-0.3, -0.25) is 38.4 Å². The number of nitrogens with zero attached hydrogens (tertiary/aromatic N) is 5.